The molecule has 0 aliphatic heterocycles. The van der Waals surface area contributed by atoms with E-state index in [2.05, 4.69) is 32.7 Å². The highest BCUT2D eigenvalue weighted by Gasteiger charge is 2.24. The first-order chi connectivity index (χ1) is 15.7. The standard InChI is InChI=1S/C26H24N6/c1-28-23(14-17-6-3-2-4-7-17)24-21(27)11-10-19-16-30-26(32-25(19)24)31-22-9-5-8-18-15-29-13-12-20(18)22/h2-9,12-13,15-16,27-28H,10-11,14H2,1H3,(H,30,31,32)/b24-23+,27-21?. The third-order valence-corrected chi connectivity index (χ3v) is 5.80. The first-order valence-electron chi connectivity index (χ1n) is 10.7. The lowest BCUT2D eigenvalue weighted by Gasteiger charge is -2.23. The molecule has 3 N–H and O–H groups in total. The van der Waals surface area contributed by atoms with Crippen LogP contribution in [0.3, 0.4) is 0 Å². The summed E-state index contributed by atoms with van der Waals surface area (Å²) in [5, 5.41) is 17.5. The number of aryl methyl sites for hydroxylation is 1. The minimum atomic E-state index is 0.524. The monoisotopic (exact) mass is 420 g/mol. The highest BCUT2D eigenvalue weighted by atomic mass is 15.1. The fraction of sp³-hybridized carbons (Fsp3) is 0.154. The molecule has 1 aliphatic carbocycles. The number of anilines is 2. The summed E-state index contributed by atoms with van der Waals surface area (Å²) in [6.45, 7) is 0. The highest BCUT2D eigenvalue weighted by Crippen LogP contribution is 2.31. The van der Waals surface area contributed by atoms with E-state index in [9.17, 15) is 0 Å². The van der Waals surface area contributed by atoms with E-state index in [0.717, 1.165) is 51.8 Å². The lowest BCUT2D eigenvalue weighted by Crippen LogP contribution is -2.22. The molecule has 158 valence electrons. The first kappa shape index (κ1) is 19.9. The number of allylic oxidation sites excluding steroid dienone is 2. The van der Waals surface area contributed by atoms with Crippen LogP contribution >= 0.6 is 0 Å². The average molecular weight is 421 g/mol. The molecule has 0 fully saturated rings. The Balaban J connectivity index is 1.56. The molecule has 0 amide bonds. The van der Waals surface area contributed by atoms with Gasteiger partial charge >= 0.3 is 0 Å². The van der Waals surface area contributed by atoms with Crippen molar-refractivity contribution in [2.75, 3.05) is 12.4 Å². The van der Waals surface area contributed by atoms with Crippen LogP contribution in [0.4, 0.5) is 11.6 Å². The van der Waals surface area contributed by atoms with E-state index in [1.807, 2.05) is 61.9 Å². The van der Waals surface area contributed by atoms with Crippen molar-refractivity contribution in [1.29, 1.82) is 5.41 Å². The molecule has 6 nitrogen and oxygen atoms in total. The van der Waals surface area contributed by atoms with Gasteiger partial charge in [-0.05, 0) is 36.1 Å². The number of fused-ring (bicyclic) bond motifs is 2. The summed E-state index contributed by atoms with van der Waals surface area (Å²) < 4.78 is 0. The van der Waals surface area contributed by atoms with Gasteiger partial charge in [0.15, 0.2) is 0 Å². The first-order valence-corrected chi connectivity index (χ1v) is 10.7. The molecule has 0 spiro atoms. The SMILES string of the molecule is CN/C(Cc1ccccc1)=C1\C(=N)CCc2cnc(Nc3cccc4cnccc34)nc21. The van der Waals surface area contributed by atoms with E-state index >= 15 is 0 Å². The predicted octanol–water partition coefficient (Wildman–Crippen LogP) is 4.91. The van der Waals surface area contributed by atoms with Crippen LogP contribution in [0.2, 0.25) is 0 Å². The summed E-state index contributed by atoms with van der Waals surface area (Å²) in [4.78, 5) is 13.7. The van der Waals surface area contributed by atoms with Crippen LogP contribution in [-0.4, -0.2) is 27.7 Å². The second-order valence-corrected chi connectivity index (χ2v) is 7.84. The molecule has 6 heteroatoms. The Morgan fingerprint density at radius 1 is 1.00 bits per heavy atom. The summed E-state index contributed by atoms with van der Waals surface area (Å²) >= 11 is 0. The number of aromatic nitrogens is 3. The van der Waals surface area contributed by atoms with Crippen LogP contribution in [0.5, 0.6) is 0 Å². The number of nitrogens with one attached hydrogen (secondary N) is 3. The van der Waals surface area contributed by atoms with Gasteiger partial charge in [-0.25, -0.2) is 9.97 Å². The molecule has 1 aliphatic rings. The van der Waals surface area contributed by atoms with Crippen molar-refractivity contribution in [3.05, 3.63) is 95.7 Å². The molecule has 0 atom stereocenters. The second-order valence-electron chi connectivity index (χ2n) is 7.84. The van der Waals surface area contributed by atoms with Crippen molar-refractivity contribution in [3.63, 3.8) is 0 Å². The number of pyridine rings is 1. The van der Waals surface area contributed by atoms with Crippen LogP contribution in [0, 0.1) is 5.41 Å². The normalized spacial score (nSPS) is 14.7. The molecule has 0 saturated heterocycles. The van der Waals surface area contributed by atoms with E-state index in [4.69, 9.17) is 10.4 Å². The van der Waals surface area contributed by atoms with E-state index in [1.54, 1.807) is 6.20 Å². The summed E-state index contributed by atoms with van der Waals surface area (Å²) in [5.41, 5.74) is 6.53. The molecule has 2 aromatic carbocycles. The van der Waals surface area contributed by atoms with Crippen LogP contribution in [-0.2, 0) is 12.8 Å². The van der Waals surface area contributed by atoms with Gasteiger partial charge in [-0.3, -0.25) is 4.98 Å². The minimum absolute atomic E-state index is 0.524. The van der Waals surface area contributed by atoms with Gasteiger partial charge in [0.25, 0.3) is 0 Å². The molecular formula is C26H24N6. The van der Waals surface area contributed by atoms with Crippen molar-refractivity contribution in [3.8, 4) is 0 Å². The summed E-state index contributed by atoms with van der Waals surface area (Å²) in [5.74, 6) is 0.524. The fourth-order valence-corrected chi connectivity index (χ4v) is 4.17. The van der Waals surface area contributed by atoms with Crippen LogP contribution in [0.1, 0.15) is 23.2 Å². The Morgan fingerprint density at radius 2 is 1.88 bits per heavy atom. The van der Waals surface area contributed by atoms with Crippen molar-refractivity contribution in [1.82, 2.24) is 20.3 Å². The number of benzene rings is 2. The minimum Gasteiger partial charge on any atom is -0.391 e. The summed E-state index contributed by atoms with van der Waals surface area (Å²) in [7, 11) is 1.91. The van der Waals surface area contributed by atoms with E-state index < -0.39 is 0 Å². The lowest BCUT2D eigenvalue weighted by molar-refractivity contribution is 0.903. The average Bonchev–Trinajstić information content (AvgIpc) is 2.84. The van der Waals surface area contributed by atoms with E-state index in [1.165, 1.54) is 5.56 Å². The Hall–Kier alpha value is -4.06. The molecule has 5 rings (SSSR count). The quantitative estimate of drug-likeness (QED) is 0.427. The van der Waals surface area contributed by atoms with Gasteiger partial charge in [-0.2, -0.15) is 0 Å². The molecule has 2 aromatic heterocycles. The van der Waals surface area contributed by atoms with Gasteiger partial charge < -0.3 is 16.0 Å². The number of hydrogen-bond donors (Lipinski definition) is 3. The molecule has 0 bridgehead atoms. The van der Waals surface area contributed by atoms with Gasteiger partial charge in [0.2, 0.25) is 5.95 Å². The van der Waals surface area contributed by atoms with Crippen molar-refractivity contribution in [2.24, 2.45) is 0 Å². The Morgan fingerprint density at radius 3 is 2.72 bits per heavy atom. The van der Waals surface area contributed by atoms with Gasteiger partial charge in [0.1, 0.15) is 0 Å². The largest absolute Gasteiger partial charge is 0.391 e. The van der Waals surface area contributed by atoms with E-state index in [-0.39, 0.29) is 0 Å². The molecule has 32 heavy (non-hydrogen) atoms. The maximum absolute atomic E-state index is 8.69. The zero-order chi connectivity index (χ0) is 21.9. The number of nitrogens with zero attached hydrogens (tertiary/aromatic N) is 3. The van der Waals surface area contributed by atoms with Crippen LogP contribution in [0.15, 0.2) is 78.9 Å². The molecule has 0 saturated carbocycles. The van der Waals surface area contributed by atoms with Crippen molar-refractivity contribution in [2.45, 2.75) is 19.3 Å². The van der Waals surface area contributed by atoms with Crippen LogP contribution < -0.4 is 10.6 Å². The third-order valence-electron chi connectivity index (χ3n) is 5.80. The Bertz CT molecular complexity index is 1320. The summed E-state index contributed by atoms with van der Waals surface area (Å²) in [6, 6.07) is 18.3. The Kier molecular flexibility index (Phi) is 5.34. The van der Waals surface area contributed by atoms with Crippen molar-refractivity contribution < 1.29 is 0 Å². The van der Waals surface area contributed by atoms with Gasteiger partial charge in [0, 0.05) is 65.5 Å². The van der Waals surface area contributed by atoms with Gasteiger partial charge in [0.05, 0.1) is 5.69 Å². The molecule has 0 unspecified atom stereocenters. The van der Waals surface area contributed by atoms with Gasteiger partial charge in [-0.1, -0.05) is 42.5 Å². The maximum Gasteiger partial charge on any atom is 0.227 e. The topological polar surface area (TPSA) is 86.6 Å². The predicted molar refractivity (Wildman–Crippen MR) is 129 cm³/mol. The van der Waals surface area contributed by atoms with E-state index in [0.29, 0.717) is 18.1 Å². The number of rotatable bonds is 5. The van der Waals surface area contributed by atoms with Crippen LogP contribution in [0.25, 0.3) is 16.3 Å². The molecule has 0 radical (unpaired) electrons. The fourth-order valence-electron chi connectivity index (χ4n) is 4.17. The lowest BCUT2D eigenvalue weighted by atomic mass is 9.88. The highest BCUT2D eigenvalue weighted by molar-refractivity contribution is 6.24. The second kappa shape index (κ2) is 8.59. The third kappa shape index (κ3) is 3.83. The molecular weight excluding hydrogens is 396 g/mol. The summed E-state index contributed by atoms with van der Waals surface area (Å²) in [6.07, 6.45) is 7.71. The molecule has 4 aromatic rings. The zero-order valence-corrected chi connectivity index (χ0v) is 17.9. The number of likely N-dealkylation sites (N-methyl/N-ethyl adjacent to an activating group) is 1. The van der Waals surface area contributed by atoms with Gasteiger partial charge in [-0.15, -0.1) is 0 Å². The maximum atomic E-state index is 8.69. The van der Waals surface area contributed by atoms with Crippen molar-refractivity contribution >= 4 is 33.7 Å². The Labute approximate surface area is 187 Å². The number of hydrogen-bond acceptors (Lipinski definition) is 6. The smallest absolute Gasteiger partial charge is 0.227 e. The molecule has 2 heterocycles. The zero-order valence-electron chi connectivity index (χ0n) is 17.9.